The van der Waals surface area contributed by atoms with Gasteiger partial charge in [-0.3, -0.25) is 0 Å². The van der Waals surface area contributed by atoms with Gasteiger partial charge in [0, 0.05) is 18.0 Å². The summed E-state index contributed by atoms with van der Waals surface area (Å²) in [4.78, 5) is 0. The molecule has 0 amide bonds. The molecule has 0 fully saturated rings. The van der Waals surface area contributed by atoms with Crippen LogP contribution in [0.1, 0.15) is 49.9 Å². The maximum atomic E-state index is 3.74. The fraction of sp³-hybridized carbons (Fsp3) is 0.400. The summed E-state index contributed by atoms with van der Waals surface area (Å²) in [6.07, 6.45) is 1.11. The third-order valence-corrected chi connectivity index (χ3v) is 4.23. The minimum atomic E-state index is 0.138. The Morgan fingerprint density at radius 2 is 1.57 bits per heavy atom. The van der Waals surface area contributed by atoms with Crippen molar-refractivity contribution in [2.45, 2.75) is 45.6 Å². The van der Waals surface area contributed by atoms with Crippen LogP contribution in [0.15, 0.2) is 54.6 Å². The molecule has 1 unspecified atom stereocenters. The summed E-state index contributed by atoms with van der Waals surface area (Å²) in [7, 11) is 0. The second-order valence-electron chi connectivity index (χ2n) is 6.50. The van der Waals surface area contributed by atoms with E-state index in [2.05, 4.69) is 87.6 Å². The van der Waals surface area contributed by atoms with Crippen LogP contribution in [-0.4, -0.2) is 6.54 Å². The van der Waals surface area contributed by atoms with Gasteiger partial charge >= 0.3 is 0 Å². The summed E-state index contributed by atoms with van der Waals surface area (Å²) in [5, 5.41) is 3.74. The van der Waals surface area contributed by atoms with Gasteiger partial charge in [0.25, 0.3) is 0 Å². The number of benzene rings is 2. The van der Waals surface area contributed by atoms with Crippen molar-refractivity contribution in [3.05, 3.63) is 71.3 Å². The monoisotopic (exact) mass is 281 g/mol. The first-order chi connectivity index (χ1) is 10.0. The maximum Gasteiger partial charge on any atom is 0.0317 e. The molecular formula is C20H27N. The topological polar surface area (TPSA) is 12.0 Å². The molecule has 1 atom stereocenters. The van der Waals surface area contributed by atoms with E-state index in [-0.39, 0.29) is 5.41 Å². The summed E-state index contributed by atoms with van der Waals surface area (Å²) in [6.45, 7) is 9.96. The molecule has 0 saturated carbocycles. The molecule has 112 valence electrons. The van der Waals surface area contributed by atoms with Crippen LogP contribution in [-0.2, 0) is 5.41 Å². The first-order valence-electron chi connectivity index (χ1n) is 7.88. The lowest BCUT2D eigenvalue weighted by atomic mass is 9.84. The lowest BCUT2D eigenvalue weighted by Crippen LogP contribution is -2.35. The molecule has 0 heterocycles. The van der Waals surface area contributed by atoms with E-state index in [1.807, 2.05) is 0 Å². The Morgan fingerprint density at radius 1 is 0.952 bits per heavy atom. The van der Waals surface area contributed by atoms with Gasteiger partial charge in [-0.25, -0.2) is 0 Å². The minimum Gasteiger partial charge on any atom is -0.309 e. The minimum absolute atomic E-state index is 0.138. The molecule has 0 spiro atoms. The second-order valence-corrected chi connectivity index (χ2v) is 6.50. The van der Waals surface area contributed by atoms with Crippen LogP contribution in [0, 0.1) is 6.92 Å². The van der Waals surface area contributed by atoms with Crippen molar-refractivity contribution in [3.63, 3.8) is 0 Å². The third-order valence-electron chi connectivity index (χ3n) is 4.23. The van der Waals surface area contributed by atoms with E-state index < -0.39 is 0 Å². The number of hydrogen-bond donors (Lipinski definition) is 1. The summed E-state index contributed by atoms with van der Waals surface area (Å²) in [5.41, 5.74) is 4.22. The molecule has 1 heteroatoms. The molecule has 0 saturated heterocycles. The van der Waals surface area contributed by atoms with Crippen molar-refractivity contribution in [3.8, 4) is 0 Å². The molecule has 0 radical (unpaired) electrons. The first kappa shape index (κ1) is 15.8. The lowest BCUT2D eigenvalue weighted by molar-refractivity contribution is 0.416. The molecule has 2 aromatic rings. The zero-order valence-electron chi connectivity index (χ0n) is 13.7. The average molecular weight is 281 g/mol. The molecule has 21 heavy (non-hydrogen) atoms. The third kappa shape index (κ3) is 4.18. The molecule has 2 aromatic carbocycles. The van der Waals surface area contributed by atoms with E-state index in [1.54, 1.807) is 0 Å². The van der Waals surface area contributed by atoms with Crippen LogP contribution in [0.5, 0.6) is 0 Å². The second kappa shape index (κ2) is 6.91. The highest BCUT2D eigenvalue weighted by Crippen LogP contribution is 2.24. The van der Waals surface area contributed by atoms with Gasteiger partial charge in [-0.2, -0.15) is 0 Å². The molecule has 0 aliphatic heterocycles. The fourth-order valence-corrected chi connectivity index (χ4v) is 2.67. The van der Waals surface area contributed by atoms with Crippen LogP contribution in [0.2, 0.25) is 0 Å². The molecule has 0 aliphatic carbocycles. The highest BCUT2D eigenvalue weighted by atomic mass is 14.9. The Labute approximate surface area is 129 Å². The van der Waals surface area contributed by atoms with Gasteiger partial charge in [0.05, 0.1) is 0 Å². The Hall–Kier alpha value is -1.60. The van der Waals surface area contributed by atoms with E-state index in [0.717, 1.165) is 13.0 Å². The SMILES string of the molecule is CCC(NCC(C)(C)c1ccccc1)c1ccc(C)cc1. The highest BCUT2D eigenvalue weighted by Gasteiger charge is 2.21. The van der Waals surface area contributed by atoms with E-state index in [9.17, 15) is 0 Å². The first-order valence-corrected chi connectivity index (χ1v) is 7.88. The highest BCUT2D eigenvalue weighted by molar-refractivity contribution is 5.26. The Balaban J connectivity index is 2.04. The number of nitrogens with one attached hydrogen (secondary N) is 1. The summed E-state index contributed by atoms with van der Waals surface area (Å²) in [6, 6.07) is 20.1. The predicted molar refractivity (Wildman–Crippen MR) is 91.7 cm³/mol. The van der Waals surface area contributed by atoms with E-state index >= 15 is 0 Å². The van der Waals surface area contributed by atoms with Crippen molar-refractivity contribution in [2.75, 3.05) is 6.54 Å². The van der Waals surface area contributed by atoms with E-state index in [0.29, 0.717) is 6.04 Å². The van der Waals surface area contributed by atoms with E-state index in [4.69, 9.17) is 0 Å². The molecule has 0 bridgehead atoms. The lowest BCUT2D eigenvalue weighted by Gasteiger charge is -2.29. The van der Waals surface area contributed by atoms with Gasteiger partial charge in [0.15, 0.2) is 0 Å². The van der Waals surface area contributed by atoms with Gasteiger partial charge in [0.1, 0.15) is 0 Å². The normalized spacial score (nSPS) is 13.1. The largest absolute Gasteiger partial charge is 0.309 e. The van der Waals surface area contributed by atoms with Crippen molar-refractivity contribution >= 4 is 0 Å². The maximum absolute atomic E-state index is 3.74. The average Bonchev–Trinajstić information content (AvgIpc) is 2.50. The van der Waals surface area contributed by atoms with Crippen LogP contribution in [0.4, 0.5) is 0 Å². The van der Waals surface area contributed by atoms with Crippen LogP contribution in [0.3, 0.4) is 0 Å². The van der Waals surface area contributed by atoms with E-state index in [1.165, 1.54) is 16.7 Å². The molecule has 0 aromatic heterocycles. The summed E-state index contributed by atoms with van der Waals surface area (Å²) >= 11 is 0. The Bertz CT molecular complexity index is 540. The summed E-state index contributed by atoms with van der Waals surface area (Å²) < 4.78 is 0. The Kier molecular flexibility index (Phi) is 5.19. The quantitative estimate of drug-likeness (QED) is 0.784. The molecule has 2 rings (SSSR count). The predicted octanol–water partition coefficient (Wildman–Crippen LogP) is 5.01. The standard InChI is InChI=1S/C20H27N/c1-5-19(17-13-11-16(2)12-14-17)21-15-20(3,4)18-9-7-6-8-10-18/h6-14,19,21H,5,15H2,1-4H3. The van der Waals surface area contributed by atoms with Gasteiger partial charge in [0.2, 0.25) is 0 Å². The Morgan fingerprint density at radius 3 is 2.14 bits per heavy atom. The molecule has 1 nitrogen and oxygen atoms in total. The van der Waals surface area contributed by atoms with Crippen molar-refractivity contribution < 1.29 is 0 Å². The van der Waals surface area contributed by atoms with Crippen molar-refractivity contribution in [1.82, 2.24) is 5.32 Å². The number of aryl methyl sites for hydroxylation is 1. The number of hydrogen-bond acceptors (Lipinski definition) is 1. The zero-order valence-corrected chi connectivity index (χ0v) is 13.7. The van der Waals surface area contributed by atoms with Gasteiger partial charge < -0.3 is 5.32 Å². The van der Waals surface area contributed by atoms with Crippen LogP contribution in [0.25, 0.3) is 0 Å². The van der Waals surface area contributed by atoms with Gasteiger partial charge in [-0.15, -0.1) is 0 Å². The number of rotatable bonds is 6. The summed E-state index contributed by atoms with van der Waals surface area (Å²) in [5.74, 6) is 0. The van der Waals surface area contributed by atoms with Crippen molar-refractivity contribution in [1.29, 1.82) is 0 Å². The fourth-order valence-electron chi connectivity index (χ4n) is 2.67. The van der Waals surface area contributed by atoms with Crippen LogP contribution >= 0.6 is 0 Å². The zero-order chi connectivity index (χ0) is 15.3. The molecule has 0 aliphatic rings. The smallest absolute Gasteiger partial charge is 0.0317 e. The van der Waals surface area contributed by atoms with Gasteiger partial charge in [-0.1, -0.05) is 80.9 Å². The van der Waals surface area contributed by atoms with Crippen molar-refractivity contribution in [2.24, 2.45) is 0 Å². The molecule has 1 N–H and O–H groups in total. The van der Waals surface area contributed by atoms with Crippen LogP contribution < -0.4 is 5.32 Å². The molecular weight excluding hydrogens is 254 g/mol. The van der Waals surface area contributed by atoms with Gasteiger partial charge in [-0.05, 0) is 24.5 Å².